The molecule has 1 amide bonds. The smallest absolute Gasteiger partial charge is 0.491 e. The lowest BCUT2D eigenvalue weighted by molar-refractivity contribution is -0.425. The molecule has 0 spiro atoms. The van der Waals surface area contributed by atoms with Crippen LogP contribution in [0.3, 0.4) is 0 Å². The van der Waals surface area contributed by atoms with Crippen LogP contribution in [0.2, 0.25) is 10.0 Å². The number of anilines is 2. The number of hydrogen-bond acceptors (Lipinski definition) is 14. The maximum absolute atomic E-state index is 12.7. The Kier molecular flexibility index (Phi) is 24.8. The Morgan fingerprint density at radius 3 is 1.40 bits per heavy atom. The van der Waals surface area contributed by atoms with Gasteiger partial charge in [0.1, 0.15) is 0 Å². The standard InChI is InChI=1S/C26H23ClF3N5O.C24H24ClN5.C4H3F3O3.ClH.2O2S/c27-21-14-31-25(33-17-8-6-7-16(13-17)32-24(36)26(28,29)30)34-23(21)20-15-35(18-9-2-1-3-10-18)22-12-5-4-11-19(20)22;25-21-14-27-24(28-17-8-6-7-16(26)13-17)29-23(21)20-15-30(18-9-2-1-3-10-18)22-12-5-4-11-19(20)22;1-2(8)10-3(9)4(5,6)7;;2*1-3-2/h1-5,9-12,14-17H,6-8,13H2,(H,32,36)(H,31,33,34);1-5,9-12,14-17H,6-8,13,26H2,(H,27,28,29);1H3;1H;;/t2*16-,17+;;;;/m00..../s1. The molecule has 2 aliphatic carbocycles. The van der Waals surface area contributed by atoms with Crippen LogP contribution in [0.5, 0.6) is 0 Å². The number of nitrogens with one attached hydrogen (secondary N) is 3. The van der Waals surface area contributed by atoms with Crippen molar-refractivity contribution >= 4 is 97.9 Å². The van der Waals surface area contributed by atoms with E-state index in [1.54, 1.807) is 6.20 Å². The van der Waals surface area contributed by atoms with Crippen molar-refractivity contribution in [1.82, 2.24) is 34.4 Å². The van der Waals surface area contributed by atoms with E-state index in [4.69, 9.17) is 45.0 Å². The van der Waals surface area contributed by atoms with Gasteiger partial charge >= 0.3 is 53.3 Å². The Hall–Kier alpha value is -7.62. The highest BCUT2D eigenvalue weighted by Crippen LogP contribution is 2.38. The molecule has 0 saturated heterocycles. The lowest BCUT2D eigenvalue weighted by atomic mass is 9.91. The molecule has 0 radical (unpaired) electrons. The predicted octanol–water partition coefficient (Wildman–Crippen LogP) is 7.15. The summed E-state index contributed by atoms with van der Waals surface area (Å²) in [6.07, 6.45) is 4.14. The van der Waals surface area contributed by atoms with Crippen molar-refractivity contribution in [1.29, 1.82) is 0 Å². The van der Waals surface area contributed by atoms with E-state index >= 15 is 0 Å². The van der Waals surface area contributed by atoms with E-state index in [1.807, 2.05) is 85.1 Å². The number of benzene rings is 4. The molecule has 4 heterocycles. The van der Waals surface area contributed by atoms with Gasteiger partial charge in [0.25, 0.3) is 0 Å². The second-order valence-corrected chi connectivity index (χ2v) is 19.5. The molecule has 8 aromatic rings. The molecule has 83 heavy (non-hydrogen) atoms. The Morgan fingerprint density at radius 2 is 1.00 bits per heavy atom. The van der Waals surface area contributed by atoms with Gasteiger partial charge in [-0.2, -0.15) is 43.2 Å². The van der Waals surface area contributed by atoms with Crippen LogP contribution in [0.25, 0.3) is 55.7 Å². The molecular weight excluding hydrogens is 1200 g/mol. The summed E-state index contributed by atoms with van der Waals surface area (Å²) in [6.45, 7) is 0.712. The number of amides is 1. The molecule has 4 aromatic heterocycles. The quantitative estimate of drug-likeness (QED) is 0.0636. The lowest BCUT2D eigenvalue weighted by Gasteiger charge is -2.30. The van der Waals surface area contributed by atoms with Crippen molar-refractivity contribution in [2.24, 2.45) is 0 Å². The highest BCUT2D eigenvalue weighted by Gasteiger charge is 2.42. The van der Waals surface area contributed by atoms with Gasteiger partial charge in [-0.1, -0.05) is 96.0 Å². The molecule has 0 bridgehead atoms. The maximum atomic E-state index is 12.7. The average Bonchev–Trinajstić information content (AvgIpc) is 2.68. The van der Waals surface area contributed by atoms with Gasteiger partial charge in [-0.05, 0) is 81.3 Å². The van der Waals surface area contributed by atoms with Crippen molar-refractivity contribution in [2.75, 3.05) is 10.6 Å². The van der Waals surface area contributed by atoms with Crippen LogP contribution in [0.15, 0.2) is 134 Å². The number of nitrogens with zero attached hydrogens (tertiary/aromatic N) is 6. The van der Waals surface area contributed by atoms with Crippen molar-refractivity contribution in [2.45, 2.75) is 94.8 Å². The summed E-state index contributed by atoms with van der Waals surface area (Å²) in [5.74, 6) is -4.71. The van der Waals surface area contributed by atoms with Crippen LogP contribution < -0.4 is 34.1 Å². The lowest BCUT2D eigenvalue weighted by Crippen LogP contribution is -3.00. The first-order valence-electron chi connectivity index (χ1n) is 24.9. The van der Waals surface area contributed by atoms with Crippen LogP contribution in [-0.2, 0) is 42.3 Å². The fourth-order valence-corrected chi connectivity index (χ4v) is 9.67. The Balaban J connectivity index is 0.000000242. The fourth-order valence-electron chi connectivity index (χ4n) is 9.29. The number of para-hydroxylation sites is 4. The summed E-state index contributed by atoms with van der Waals surface area (Å²) in [5, 5.41) is 11.8. The monoisotopic (exact) mass is 1250 g/mol. The first kappa shape index (κ1) is 66.2. The van der Waals surface area contributed by atoms with E-state index in [0.29, 0.717) is 65.9 Å². The zero-order chi connectivity index (χ0) is 59.6. The van der Waals surface area contributed by atoms with Crippen molar-refractivity contribution in [3.63, 3.8) is 0 Å². The summed E-state index contributed by atoms with van der Waals surface area (Å²) >= 11 is 11.6. The number of alkyl halides is 6. The van der Waals surface area contributed by atoms with E-state index < -0.39 is 59.4 Å². The Labute approximate surface area is 493 Å². The number of fused-ring (bicyclic) bond motifs is 2. The Morgan fingerprint density at radius 1 is 0.602 bits per heavy atom. The van der Waals surface area contributed by atoms with Gasteiger partial charge in [-0.25, -0.2) is 24.7 Å². The minimum Gasteiger partial charge on any atom is -1.00 e. The molecular formula is C54H51Cl3F6N10O8S2. The largest absolute Gasteiger partial charge is 1.00 e. The molecule has 6 N–H and O–H groups in total. The fraction of sp³-hybridized carbons (Fsp3) is 0.278. The first-order chi connectivity index (χ1) is 39.1. The van der Waals surface area contributed by atoms with Crippen LogP contribution >= 0.6 is 23.2 Å². The highest BCUT2D eigenvalue weighted by atomic mass is 35.5. The molecule has 4 atom stereocenters. The van der Waals surface area contributed by atoms with E-state index in [0.717, 1.165) is 69.3 Å². The zero-order valence-corrected chi connectivity index (χ0v) is 47.4. The second kappa shape index (κ2) is 31.2. The number of aromatic nitrogens is 6. The van der Waals surface area contributed by atoms with E-state index in [9.17, 15) is 40.7 Å². The molecule has 0 unspecified atom stereocenters. The average molecular weight is 1250 g/mol. The molecule has 2 aliphatic rings. The number of halogens is 9. The van der Waals surface area contributed by atoms with Gasteiger partial charge in [-0.15, -0.1) is 0 Å². The normalized spacial score (nSPS) is 16.4. The molecule has 29 heteroatoms. The topological polar surface area (TPSA) is 254 Å². The third-order valence-corrected chi connectivity index (χ3v) is 13.2. The highest BCUT2D eigenvalue weighted by molar-refractivity contribution is 7.52. The minimum absolute atomic E-state index is 0. The number of quaternary nitrogens is 1. The number of hydrogen-bond donors (Lipinski definition) is 4. The molecule has 2 saturated carbocycles. The molecule has 10 rings (SSSR count). The van der Waals surface area contributed by atoms with Gasteiger partial charge in [-0.3, -0.25) is 9.59 Å². The summed E-state index contributed by atoms with van der Waals surface area (Å²) in [5.41, 5.74) is 11.6. The molecule has 0 aliphatic heterocycles. The third kappa shape index (κ3) is 18.7. The summed E-state index contributed by atoms with van der Waals surface area (Å²) in [6, 6.07) is 36.6. The van der Waals surface area contributed by atoms with Crippen molar-refractivity contribution in [3.05, 3.63) is 144 Å². The van der Waals surface area contributed by atoms with Gasteiger partial charge in [0.05, 0.1) is 50.9 Å². The van der Waals surface area contributed by atoms with Gasteiger partial charge in [0.2, 0.25) is 11.9 Å². The zero-order valence-electron chi connectivity index (χ0n) is 43.5. The van der Waals surface area contributed by atoms with Crippen molar-refractivity contribution < 1.29 is 80.4 Å². The summed E-state index contributed by atoms with van der Waals surface area (Å²) in [4.78, 5) is 49.1. The number of carbonyl (C=O) groups excluding carboxylic acids is 3. The van der Waals surface area contributed by atoms with Crippen molar-refractivity contribution in [3.8, 4) is 33.9 Å². The predicted molar refractivity (Wildman–Crippen MR) is 296 cm³/mol. The molecule has 18 nitrogen and oxygen atoms in total. The van der Waals surface area contributed by atoms with Gasteiger partial charge < -0.3 is 48.0 Å². The summed E-state index contributed by atoms with van der Waals surface area (Å²) < 4.78 is 112. The number of carbonyl (C=O) groups is 3. The van der Waals surface area contributed by atoms with E-state index in [2.05, 4.69) is 87.0 Å². The maximum Gasteiger partial charge on any atom is 0.491 e. The number of rotatable bonds is 9. The van der Waals surface area contributed by atoms with Gasteiger partial charge in [0, 0.05) is 77.1 Å². The van der Waals surface area contributed by atoms with Gasteiger partial charge in [0.15, 0.2) is 0 Å². The number of esters is 2. The van der Waals surface area contributed by atoms with Crippen LogP contribution in [0.1, 0.15) is 58.3 Å². The third-order valence-electron chi connectivity index (χ3n) is 12.7. The summed E-state index contributed by atoms with van der Waals surface area (Å²) in [7, 11) is 0. The minimum atomic E-state index is -5.09. The van der Waals surface area contributed by atoms with Crippen LogP contribution in [-0.4, -0.2) is 100 Å². The number of ether oxygens (including phenoxy) is 1. The van der Waals surface area contributed by atoms with E-state index in [1.165, 1.54) is 19.0 Å². The van der Waals surface area contributed by atoms with Crippen LogP contribution in [0, 0.1) is 0 Å². The van der Waals surface area contributed by atoms with Crippen LogP contribution in [0.4, 0.5) is 38.2 Å². The molecule has 440 valence electrons. The second-order valence-electron chi connectivity index (χ2n) is 18.4. The molecule has 2 fully saturated rings. The first-order valence-corrected chi connectivity index (χ1v) is 27.0. The Bertz CT molecular complexity index is 3550. The molecule has 4 aromatic carbocycles. The van der Waals surface area contributed by atoms with E-state index in [-0.39, 0.29) is 18.4 Å². The SMILES string of the molecule is CC(=O)OC(=O)C(F)(F)F.O=C(N[C@H]1CCC[C@@H](Nc2ncc(Cl)c(-c3cn(-c4ccccc4)c4ccccc34)n2)C1)C(F)(F)F.O=S=O.O=S=O.[Cl-].[NH3+][C@H]1CCC[C@@H](Nc2ncc(Cl)c(-c3cn(-c4ccccc4)c4ccccc34)n2)C1.